The number of hydrogen-bond acceptors (Lipinski definition) is 3. The second-order valence-electron chi connectivity index (χ2n) is 7.18. The summed E-state index contributed by atoms with van der Waals surface area (Å²) in [6.07, 6.45) is 3.22. The summed E-state index contributed by atoms with van der Waals surface area (Å²) in [5, 5.41) is 0.758. The molecule has 0 spiro atoms. The summed E-state index contributed by atoms with van der Waals surface area (Å²) in [6, 6.07) is 7.96. The van der Waals surface area contributed by atoms with E-state index in [4.69, 9.17) is 17.3 Å². The van der Waals surface area contributed by atoms with Gasteiger partial charge in [-0.3, -0.25) is 14.5 Å². The van der Waals surface area contributed by atoms with E-state index in [1.165, 1.54) is 5.56 Å². The molecule has 0 bridgehead atoms. The van der Waals surface area contributed by atoms with E-state index in [1.54, 1.807) is 0 Å². The molecule has 0 unspecified atom stereocenters. The molecule has 2 fully saturated rings. The Balaban J connectivity index is 1.45. The molecule has 136 valence electrons. The van der Waals surface area contributed by atoms with Gasteiger partial charge in [-0.2, -0.15) is 0 Å². The van der Waals surface area contributed by atoms with E-state index in [-0.39, 0.29) is 23.7 Å². The fourth-order valence-corrected chi connectivity index (χ4v) is 3.95. The molecular formula is C19H26ClN3O2. The lowest BCUT2D eigenvalue weighted by molar-refractivity contribution is -0.140. The van der Waals surface area contributed by atoms with E-state index >= 15 is 0 Å². The Bertz CT molecular complexity index is 604. The Morgan fingerprint density at radius 2 is 1.52 bits per heavy atom. The van der Waals surface area contributed by atoms with Crippen LogP contribution in [0.2, 0.25) is 5.02 Å². The number of rotatable bonds is 4. The molecule has 25 heavy (non-hydrogen) atoms. The van der Waals surface area contributed by atoms with Crippen LogP contribution in [-0.2, 0) is 16.1 Å². The fraction of sp³-hybridized carbons (Fsp3) is 0.579. The van der Waals surface area contributed by atoms with Crippen LogP contribution in [0, 0.1) is 11.8 Å². The third kappa shape index (κ3) is 4.73. The fourth-order valence-electron chi connectivity index (χ4n) is 3.83. The number of halogens is 1. The predicted molar refractivity (Wildman–Crippen MR) is 98.0 cm³/mol. The molecule has 1 aromatic rings. The Kier molecular flexibility index (Phi) is 5.97. The molecule has 5 nitrogen and oxygen atoms in total. The van der Waals surface area contributed by atoms with Gasteiger partial charge in [-0.05, 0) is 56.5 Å². The van der Waals surface area contributed by atoms with E-state index in [1.807, 2.05) is 17.0 Å². The lowest BCUT2D eigenvalue weighted by Gasteiger charge is -2.36. The van der Waals surface area contributed by atoms with E-state index in [2.05, 4.69) is 17.0 Å². The number of carbonyl (C=O) groups excluding carboxylic acids is 2. The van der Waals surface area contributed by atoms with Gasteiger partial charge in [0.2, 0.25) is 11.8 Å². The van der Waals surface area contributed by atoms with Crippen LogP contribution in [0.15, 0.2) is 24.3 Å². The number of benzene rings is 1. The van der Waals surface area contributed by atoms with Gasteiger partial charge in [-0.25, -0.2) is 0 Å². The number of likely N-dealkylation sites (tertiary alicyclic amines) is 2. The van der Waals surface area contributed by atoms with Crippen LogP contribution in [0.1, 0.15) is 31.2 Å². The summed E-state index contributed by atoms with van der Waals surface area (Å²) in [5.41, 5.74) is 6.62. The van der Waals surface area contributed by atoms with Crippen LogP contribution in [0.5, 0.6) is 0 Å². The Morgan fingerprint density at radius 1 is 0.960 bits per heavy atom. The molecule has 0 aliphatic carbocycles. The number of primary amides is 1. The molecule has 3 rings (SSSR count). The van der Waals surface area contributed by atoms with Crippen LogP contribution in [0.4, 0.5) is 0 Å². The van der Waals surface area contributed by atoms with Crippen molar-refractivity contribution in [3.8, 4) is 0 Å². The zero-order chi connectivity index (χ0) is 17.8. The van der Waals surface area contributed by atoms with Crippen molar-refractivity contribution in [3.63, 3.8) is 0 Å². The third-order valence-corrected chi connectivity index (χ3v) is 5.72. The van der Waals surface area contributed by atoms with E-state index in [0.29, 0.717) is 25.9 Å². The molecule has 2 N–H and O–H groups in total. The first-order valence-electron chi connectivity index (χ1n) is 9.08. The number of amides is 2. The second kappa shape index (κ2) is 8.19. The maximum absolute atomic E-state index is 12.7. The van der Waals surface area contributed by atoms with Crippen LogP contribution in [0.25, 0.3) is 0 Å². The number of piperidine rings is 2. The van der Waals surface area contributed by atoms with Gasteiger partial charge in [0.05, 0.1) is 0 Å². The third-order valence-electron chi connectivity index (χ3n) is 5.47. The van der Waals surface area contributed by atoms with Crippen molar-refractivity contribution in [1.29, 1.82) is 0 Å². The maximum Gasteiger partial charge on any atom is 0.225 e. The highest BCUT2D eigenvalue weighted by atomic mass is 35.5. The summed E-state index contributed by atoms with van der Waals surface area (Å²) in [4.78, 5) is 28.3. The minimum atomic E-state index is -0.234. The quantitative estimate of drug-likeness (QED) is 0.892. The monoisotopic (exact) mass is 363 g/mol. The standard InChI is InChI=1S/C19H26ClN3O2/c20-17-3-1-14(2-4-17)13-22-9-5-16(6-10-22)19(25)23-11-7-15(8-12-23)18(21)24/h1-4,15-16H,5-13H2,(H2,21,24). The van der Waals surface area contributed by atoms with Crippen molar-refractivity contribution >= 4 is 23.4 Å². The zero-order valence-electron chi connectivity index (χ0n) is 14.5. The molecule has 6 heteroatoms. The van der Waals surface area contributed by atoms with E-state index in [9.17, 15) is 9.59 Å². The average Bonchev–Trinajstić information content (AvgIpc) is 2.64. The smallest absolute Gasteiger partial charge is 0.225 e. The lowest BCUT2D eigenvalue weighted by Crippen LogP contribution is -2.46. The van der Waals surface area contributed by atoms with Gasteiger partial charge in [-0.15, -0.1) is 0 Å². The molecule has 2 heterocycles. The molecular weight excluding hydrogens is 338 g/mol. The van der Waals surface area contributed by atoms with Crippen molar-refractivity contribution in [2.45, 2.75) is 32.2 Å². The number of nitrogens with two attached hydrogens (primary N) is 1. The first kappa shape index (κ1) is 18.2. The summed E-state index contributed by atoms with van der Waals surface area (Å²) in [6.45, 7) is 4.12. The molecule has 2 saturated heterocycles. The largest absolute Gasteiger partial charge is 0.369 e. The van der Waals surface area contributed by atoms with Crippen molar-refractivity contribution in [2.75, 3.05) is 26.2 Å². The lowest BCUT2D eigenvalue weighted by atomic mass is 9.91. The van der Waals surface area contributed by atoms with Gasteiger partial charge in [0.1, 0.15) is 0 Å². The van der Waals surface area contributed by atoms with Crippen LogP contribution in [0.3, 0.4) is 0 Å². The minimum Gasteiger partial charge on any atom is -0.369 e. The van der Waals surface area contributed by atoms with Crippen molar-refractivity contribution in [2.24, 2.45) is 17.6 Å². The first-order valence-corrected chi connectivity index (χ1v) is 9.45. The number of nitrogens with zero attached hydrogens (tertiary/aromatic N) is 2. The van der Waals surface area contributed by atoms with Gasteiger partial charge in [0, 0.05) is 36.5 Å². The summed E-state index contributed by atoms with van der Waals surface area (Å²) < 4.78 is 0. The SMILES string of the molecule is NC(=O)C1CCN(C(=O)C2CCN(Cc3ccc(Cl)cc3)CC2)CC1. The normalized spacial score (nSPS) is 20.6. The molecule has 2 aliphatic rings. The summed E-state index contributed by atoms with van der Waals surface area (Å²) >= 11 is 5.93. The number of hydrogen-bond donors (Lipinski definition) is 1. The molecule has 0 saturated carbocycles. The number of carbonyl (C=O) groups is 2. The molecule has 0 atom stereocenters. The first-order chi connectivity index (χ1) is 12.0. The minimum absolute atomic E-state index is 0.0646. The highest BCUT2D eigenvalue weighted by Crippen LogP contribution is 2.24. The van der Waals surface area contributed by atoms with E-state index in [0.717, 1.165) is 37.5 Å². The van der Waals surface area contributed by atoms with Crippen molar-refractivity contribution < 1.29 is 9.59 Å². The maximum atomic E-state index is 12.7. The highest BCUT2D eigenvalue weighted by Gasteiger charge is 2.31. The topological polar surface area (TPSA) is 66.6 Å². The van der Waals surface area contributed by atoms with Gasteiger partial charge < -0.3 is 10.6 Å². The Hall–Kier alpha value is -1.59. The average molecular weight is 364 g/mol. The van der Waals surface area contributed by atoms with Gasteiger partial charge in [0.15, 0.2) is 0 Å². The zero-order valence-corrected chi connectivity index (χ0v) is 15.3. The molecule has 2 amide bonds. The molecule has 0 aromatic heterocycles. The molecule has 1 aromatic carbocycles. The molecule has 2 aliphatic heterocycles. The van der Waals surface area contributed by atoms with Gasteiger partial charge >= 0.3 is 0 Å². The summed E-state index contributed by atoms with van der Waals surface area (Å²) in [7, 11) is 0. The van der Waals surface area contributed by atoms with Gasteiger partial charge in [0.25, 0.3) is 0 Å². The van der Waals surface area contributed by atoms with Crippen LogP contribution in [-0.4, -0.2) is 47.8 Å². The Labute approximate surface area is 154 Å². The Morgan fingerprint density at radius 3 is 2.08 bits per heavy atom. The van der Waals surface area contributed by atoms with E-state index < -0.39 is 0 Å². The van der Waals surface area contributed by atoms with Crippen LogP contribution >= 0.6 is 11.6 Å². The molecule has 0 radical (unpaired) electrons. The predicted octanol–water partition coefficient (Wildman–Crippen LogP) is 2.28. The van der Waals surface area contributed by atoms with Gasteiger partial charge in [-0.1, -0.05) is 23.7 Å². The summed E-state index contributed by atoms with van der Waals surface area (Å²) in [5.74, 6) is 0.0774. The van der Waals surface area contributed by atoms with Crippen LogP contribution < -0.4 is 5.73 Å². The second-order valence-corrected chi connectivity index (χ2v) is 7.62. The highest BCUT2D eigenvalue weighted by molar-refractivity contribution is 6.30. The van der Waals surface area contributed by atoms with Crippen molar-refractivity contribution in [1.82, 2.24) is 9.80 Å². The van der Waals surface area contributed by atoms with Crippen molar-refractivity contribution in [3.05, 3.63) is 34.9 Å².